The number of methoxy groups -OCH3 is 2. The summed E-state index contributed by atoms with van der Waals surface area (Å²) in [4.78, 5) is 28.4. The second kappa shape index (κ2) is 11.0. The van der Waals surface area contributed by atoms with E-state index in [-0.39, 0.29) is 34.2 Å². The number of ether oxygens (including phenoxy) is 3. The average molecular weight is 522 g/mol. The van der Waals surface area contributed by atoms with Crippen LogP contribution in [0.15, 0.2) is 66.2 Å². The standard InChI is InChI=1S/C29H28ClNO6/c1-5-37-20-11-8-10-18(15-20)25-24(26(32)21-13-17(2)14-22(30)28(21)36-4)27(33)29(34)31(25)16-19-9-6-7-12-23(19)35-3/h6-15,25,32H,5,16H2,1-4H3/b26-24+. The summed E-state index contributed by atoms with van der Waals surface area (Å²) in [6.07, 6.45) is 0. The fourth-order valence-corrected chi connectivity index (χ4v) is 4.96. The van der Waals surface area contributed by atoms with E-state index in [4.69, 9.17) is 25.8 Å². The molecule has 0 aliphatic carbocycles. The van der Waals surface area contributed by atoms with Gasteiger partial charge in [-0.15, -0.1) is 0 Å². The number of para-hydroxylation sites is 1. The molecule has 1 atom stereocenters. The number of nitrogens with zero attached hydrogens (tertiary/aromatic N) is 1. The number of carbonyl (C=O) groups excluding carboxylic acids is 2. The van der Waals surface area contributed by atoms with E-state index in [2.05, 4.69) is 0 Å². The molecular weight excluding hydrogens is 494 g/mol. The number of aliphatic hydroxyl groups is 1. The smallest absolute Gasteiger partial charge is 0.295 e. The second-order valence-electron chi connectivity index (χ2n) is 8.57. The molecule has 1 aliphatic rings. The van der Waals surface area contributed by atoms with Crippen molar-refractivity contribution in [3.05, 3.63) is 93.5 Å². The van der Waals surface area contributed by atoms with Crippen LogP contribution in [0.1, 0.15) is 35.2 Å². The summed E-state index contributed by atoms with van der Waals surface area (Å²) in [5, 5.41) is 11.8. The fourth-order valence-electron chi connectivity index (χ4n) is 4.61. The highest BCUT2D eigenvalue weighted by Gasteiger charge is 2.46. The number of rotatable bonds is 8. The lowest BCUT2D eigenvalue weighted by molar-refractivity contribution is -0.140. The molecule has 0 radical (unpaired) electrons. The van der Waals surface area contributed by atoms with Gasteiger partial charge in [-0.1, -0.05) is 41.9 Å². The summed E-state index contributed by atoms with van der Waals surface area (Å²) >= 11 is 6.38. The summed E-state index contributed by atoms with van der Waals surface area (Å²) in [5.41, 5.74) is 2.25. The van der Waals surface area contributed by atoms with E-state index in [9.17, 15) is 14.7 Å². The highest BCUT2D eigenvalue weighted by atomic mass is 35.5. The van der Waals surface area contributed by atoms with Crippen LogP contribution in [0.3, 0.4) is 0 Å². The minimum Gasteiger partial charge on any atom is -0.507 e. The molecule has 1 saturated heterocycles. The largest absolute Gasteiger partial charge is 0.507 e. The molecule has 3 aromatic rings. The predicted octanol–water partition coefficient (Wildman–Crippen LogP) is 5.69. The second-order valence-corrected chi connectivity index (χ2v) is 8.98. The molecule has 1 aliphatic heterocycles. The quantitative estimate of drug-likeness (QED) is 0.233. The van der Waals surface area contributed by atoms with E-state index in [1.54, 1.807) is 49.6 Å². The topological polar surface area (TPSA) is 85.3 Å². The summed E-state index contributed by atoms with van der Waals surface area (Å²) in [7, 11) is 2.97. The van der Waals surface area contributed by atoms with Crippen molar-refractivity contribution < 1.29 is 28.9 Å². The number of hydrogen-bond acceptors (Lipinski definition) is 6. The van der Waals surface area contributed by atoms with Crippen molar-refractivity contribution in [3.8, 4) is 17.2 Å². The molecule has 7 nitrogen and oxygen atoms in total. The minimum absolute atomic E-state index is 0.0616. The van der Waals surface area contributed by atoms with E-state index in [0.717, 1.165) is 5.56 Å². The van der Waals surface area contributed by atoms with Crippen molar-refractivity contribution in [1.29, 1.82) is 0 Å². The molecule has 1 N–H and O–H groups in total. The molecule has 3 aromatic carbocycles. The van der Waals surface area contributed by atoms with Crippen molar-refractivity contribution in [2.75, 3.05) is 20.8 Å². The van der Waals surface area contributed by atoms with Crippen LogP contribution >= 0.6 is 11.6 Å². The zero-order valence-corrected chi connectivity index (χ0v) is 21.8. The molecule has 37 heavy (non-hydrogen) atoms. The van der Waals surface area contributed by atoms with E-state index in [1.807, 2.05) is 32.0 Å². The Morgan fingerprint density at radius 1 is 1.03 bits per heavy atom. The maximum Gasteiger partial charge on any atom is 0.295 e. The molecule has 1 amide bonds. The zero-order chi connectivity index (χ0) is 26.7. The molecule has 0 aromatic heterocycles. The number of amides is 1. The van der Waals surface area contributed by atoms with Gasteiger partial charge in [0.25, 0.3) is 11.7 Å². The first-order chi connectivity index (χ1) is 17.8. The van der Waals surface area contributed by atoms with Gasteiger partial charge < -0.3 is 24.2 Å². The lowest BCUT2D eigenvalue weighted by Crippen LogP contribution is -2.29. The average Bonchev–Trinajstić information content (AvgIpc) is 3.13. The van der Waals surface area contributed by atoms with Crippen LogP contribution in [0.25, 0.3) is 5.76 Å². The first-order valence-corrected chi connectivity index (χ1v) is 12.2. The van der Waals surface area contributed by atoms with Crippen LogP contribution in [0.4, 0.5) is 0 Å². The molecule has 0 bridgehead atoms. The van der Waals surface area contributed by atoms with Crippen LogP contribution < -0.4 is 14.2 Å². The van der Waals surface area contributed by atoms with Gasteiger partial charge >= 0.3 is 0 Å². The lowest BCUT2D eigenvalue weighted by atomic mass is 9.94. The van der Waals surface area contributed by atoms with Gasteiger partial charge in [0.15, 0.2) is 0 Å². The van der Waals surface area contributed by atoms with E-state index < -0.39 is 17.7 Å². The number of Topliss-reactive ketones (excluding diaryl/α,β-unsaturated/α-hetero) is 1. The fraction of sp³-hybridized carbons (Fsp3) is 0.241. The van der Waals surface area contributed by atoms with Crippen molar-refractivity contribution in [2.45, 2.75) is 26.4 Å². The van der Waals surface area contributed by atoms with Gasteiger partial charge in [-0.05, 0) is 55.3 Å². The van der Waals surface area contributed by atoms with Crippen molar-refractivity contribution in [2.24, 2.45) is 0 Å². The SMILES string of the molecule is CCOc1cccc(C2/C(=C(\O)c3cc(C)cc(Cl)c3OC)C(=O)C(=O)N2Cc2ccccc2OC)c1. The molecule has 1 unspecified atom stereocenters. The monoisotopic (exact) mass is 521 g/mol. The molecule has 1 heterocycles. The minimum atomic E-state index is -0.894. The summed E-state index contributed by atoms with van der Waals surface area (Å²) < 4.78 is 16.6. The molecular formula is C29H28ClNO6. The Kier molecular flexibility index (Phi) is 7.74. The summed E-state index contributed by atoms with van der Waals surface area (Å²) in [6, 6.07) is 16.9. The van der Waals surface area contributed by atoms with Crippen LogP contribution in [-0.4, -0.2) is 42.5 Å². The van der Waals surface area contributed by atoms with E-state index in [1.165, 1.54) is 12.0 Å². The number of hydrogen-bond donors (Lipinski definition) is 1. The van der Waals surface area contributed by atoms with Gasteiger partial charge in [0.05, 0.1) is 49.6 Å². The van der Waals surface area contributed by atoms with Gasteiger partial charge in [-0.3, -0.25) is 9.59 Å². The van der Waals surface area contributed by atoms with Crippen molar-refractivity contribution in [1.82, 2.24) is 4.90 Å². The highest BCUT2D eigenvalue weighted by Crippen LogP contribution is 2.44. The number of carbonyl (C=O) groups is 2. The van der Waals surface area contributed by atoms with Gasteiger partial charge in [0.2, 0.25) is 0 Å². The van der Waals surface area contributed by atoms with Gasteiger partial charge in [-0.25, -0.2) is 0 Å². The Balaban J connectivity index is 1.95. The Hall–Kier alpha value is -3.97. The van der Waals surface area contributed by atoms with Gasteiger partial charge in [0.1, 0.15) is 23.0 Å². The molecule has 4 rings (SSSR count). The van der Waals surface area contributed by atoms with Crippen LogP contribution in [0.5, 0.6) is 17.2 Å². The maximum absolute atomic E-state index is 13.5. The number of benzene rings is 3. The Morgan fingerprint density at radius 3 is 2.49 bits per heavy atom. The van der Waals surface area contributed by atoms with Gasteiger partial charge in [0, 0.05) is 5.56 Å². The molecule has 192 valence electrons. The third-order valence-corrected chi connectivity index (χ3v) is 6.49. The number of ketones is 1. The van der Waals surface area contributed by atoms with Gasteiger partial charge in [-0.2, -0.15) is 0 Å². The normalized spacial score (nSPS) is 16.7. The molecule has 0 saturated carbocycles. The lowest BCUT2D eigenvalue weighted by Gasteiger charge is -2.26. The summed E-state index contributed by atoms with van der Waals surface area (Å²) in [5.74, 6) is -0.536. The Morgan fingerprint density at radius 2 is 1.78 bits per heavy atom. The van der Waals surface area contributed by atoms with Crippen LogP contribution in [0.2, 0.25) is 5.02 Å². The Labute approximate surface area is 220 Å². The highest BCUT2D eigenvalue weighted by molar-refractivity contribution is 6.46. The number of aryl methyl sites for hydroxylation is 1. The molecule has 0 spiro atoms. The zero-order valence-electron chi connectivity index (χ0n) is 21.1. The number of likely N-dealkylation sites (tertiary alicyclic amines) is 1. The van der Waals surface area contributed by atoms with Crippen molar-refractivity contribution in [3.63, 3.8) is 0 Å². The third kappa shape index (κ3) is 5.00. The van der Waals surface area contributed by atoms with Crippen LogP contribution in [-0.2, 0) is 16.1 Å². The van der Waals surface area contributed by atoms with E-state index >= 15 is 0 Å². The first-order valence-electron chi connectivity index (χ1n) is 11.8. The molecule has 1 fully saturated rings. The van der Waals surface area contributed by atoms with E-state index in [0.29, 0.717) is 29.2 Å². The predicted molar refractivity (Wildman–Crippen MR) is 141 cm³/mol. The maximum atomic E-state index is 13.5. The van der Waals surface area contributed by atoms with Crippen LogP contribution in [0, 0.1) is 6.92 Å². The van der Waals surface area contributed by atoms with Crippen molar-refractivity contribution >= 4 is 29.1 Å². The Bertz CT molecular complexity index is 1380. The molecule has 8 heteroatoms. The number of halogens is 1. The third-order valence-electron chi connectivity index (χ3n) is 6.21. The number of aliphatic hydroxyl groups excluding tert-OH is 1. The summed E-state index contributed by atoms with van der Waals surface area (Å²) in [6.45, 7) is 4.21. The first kappa shape index (κ1) is 26.1.